The zero-order valence-corrected chi connectivity index (χ0v) is 7.84. The van der Waals surface area contributed by atoms with E-state index in [2.05, 4.69) is 31.2 Å². The molecule has 0 aromatic heterocycles. The van der Waals surface area contributed by atoms with Crippen LogP contribution in [0.5, 0.6) is 0 Å². The number of allylic oxidation sites excluding steroid dienone is 4. The zero-order valence-electron chi connectivity index (χ0n) is 7.84. The minimum Gasteiger partial charge on any atom is -0.0877 e. The molecule has 0 heterocycles. The topological polar surface area (TPSA) is 0 Å². The van der Waals surface area contributed by atoms with Crippen LogP contribution >= 0.6 is 0 Å². The van der Waals surface area contributed by atoms with E-state index in [0.29, 0.717) is 0 Å². The number of rotatable bonds is 6. The largest absolute Gasteiger partial charge is 0.0877 e. The van der Waals surface area contributed by atoms with Gasteiger partial charge in [-0.2, -0.15) is 0 Å². The third kappa shape index (κ3) is 9.48. The molecule has 11 heavy (non-hydrogen) atoms. The molecule has 0 saturated heterocycles. The maximum Gasteiger partial charge on any atom is -0.0348 e. The minimum atomic E-state index is 1.24. The Hall–Kier alpha value is -0.520. The Balaban J connectivity index is 3.01. The normalized spacial score (nSPS) is 11.8. The molecule has 0 unspecified atom stereocenters. The predicted molar refractivity (Wildman–Crippen MR) is 52.7 cm³/mol. The lowest BCUT2D eigenvalue weighted by Crippen LogP contribution is -1.72. The molecule has 0 aliphatic carbocycles. The van der Waals surface area contributed by atoms with E-state index in [1.54, 1.807) is 0 Å². The highest BCUT2D eigenvalue weighted by molar-refractivity contribution is 5.00. The Morgan fingerprint density at radius 3 is 2.45 bits per heavy atom. The van der Waals surface area contributed by atoms with Crippen LogP contribution in [0.4, 0.5) is 0 Å². The standard InChI is InChI=1S/C11H20/c1-3-5-7-9-11-10-8-6-4-2/h3,5,7,9H,4,6,8,10-11H2,1-2H3. The van der Waals surface area contributed by atoms with Crippen molar-refractivity contribution in [1.82, 2.24) is 0 Å². The lowest BCUT2D eigenvalue weighted by molar-refractivity contribution is 0.674. The fourth-order valence-corrected chi connectivity index (χ4v) is 0.975. The molecule has 0 heteroatoms. The van der Waals surface area contributed by atoms with Gasteiger partial charge in [0.25, 0.3) is 0 Å². The molecule has 0 rings (SSSR count). The Kier molecular flexibility index (Phi) is 9.03. The molecule has 0 aliphatic heterocycles. The van der Waals surface area contributed by atoms with Gasteiger partial charge in [0, 0.05) is 0 Å². The summed E-state index contributed by atoms with van der Waals surface area (Å²) in [5.41, 5.74) is 0. The second kappa shape index (κ2) is 9.48. The Morgan fingerprint density at radius 1 is 1.00 bits per heavy atom. The van der Waals surface area contributed by atoms with E-state index >= 15 is 0 Å². The molecule has 0 aromatic rings. The molecule has 0 spiro atoms. The van der Waals surface area contributed by atoms with Gasteiger partial charge >= 0.3 is 0 Å². The lowest BCUT2D eigenvalue weighted by atomic mass is 10.1. The summed E-state index contributed by atoms with van der Waals surface area (Å²) in [5, 5.41) is 0. The summed E-state index contributed by atoms with van der Waals surface area (Å²) in [6.45, 7) is 4.29. The van der Waals surface area contributed by atoms with Crippen LogP contribution in [-0.4, -0.2) is 0 Å². The lowest BCUT2D eigenvalue weighted by Gasteiger charge is -1.92. The molecule has 64 valence electrons. The first-order chi connectivity index (χ1) is 5.41. The van der Waals surface area contributed by atoms with Gasteiger partial charge in [-0.1, -0.05) is 50.5 Å². The molecule has 0 nitrogen and oxygen atoms in total. The van der Waals surface area contributed by atoms with Crippen molar-refractivity contribution in [3.63, 3.8) is 0 Å². The van der Waals surface area contributed by atoms with Crippen molar-refractivity contribution < 1.29 is 0 Å². The van der Waals surface area contributed by atoms with E-state index in [1.807, 2.05) is 6.92 Å². The monoisotopic (exact) mass is 152 g/mol. The van der Waals surface area contributed by atoms with Crippen molar-refractivity contribution in [2.45, 2.75) is 46.0 Å². The molecule has 0 saturated carbocycles. The summed E-state index contributed by atoms with van der Waals surface area (Å²) in [6.07, 6.45) is 15.2. The van der Waals surface area contributed by atoms with Crippen LogP contribution in [0.3, 0.4) is 0 Å². The van der Waals surface area contributed by atoms with Gasteiger partial charge in [0.1, 0.15) is 0 Å². The van der Waals surface area contributed by atoms with Gasteiger partial charge in [-0.3, -0.25) is 0 Å². The molecule has 0 bridgehead atoms. The molecular weight excluding hydrogens is 132 g/mol. The fraction of sp³-hybridized carbons (Fsp3) is 0.636. The molecule has 0 amide bonds. The van der Waals surface area contributed by atoms with Crippen LogP contribution in [0.2, 0.25) is 0 Å². The van der Waals surface area contributed by atoms with Crippen molar-refractivity contribution in [2.24, 2.45) is 0 Å². The SMILES string of the molecule is CC=CC=CCCCCCC. The minimum absolute atomic E-state index is 1.24. The molecule has 0 aromatic carbocycles. The van der Waals surface area contributed by atoms with E-state index in [1.165, 1.54) is 32.1 Å². The smallest absolute Gasteiger partial charge is 0.0348 e. The van der Waals surface area contributed by atoms with E-state index in [0.717, 1.165) is 0 Å². The summed E-state index contributed by atoms with van der Waals surface area (Å²) in [4.78, 5) is 0. The summed E-state index contributed by atoms with van der Waals surface area (Å²) >= 11 is 0. The molecule has 0 radical (unpaired) electrons. The first kappa shape index (κ1) is 10.5. The van der Waals surface area contributed by atoms with E-state index in [4.69, 9.17) is 0 Å². The van der Waals surface area contributed by atoms with E-state index < -0.39 is 0 Å². The maximum absolute atomic E-state index is 2.25. The summed E-state index contributed by atoms with van der Waals surface area (Å²) in [6, 6.07) is 0. The summed E-state index contributed by atoms with van der Waals surface area (Å²) in [7, 11) is 0. The van der Waals surface area contributed by atoms with Gasteiger partial charge in [0.2, 0.25) is 0 Å². The first-order valence-electron chi connectivity index (χ1n) is 4.69. The number of unbranched alkanes of at least 4 members (excludes halogenated alkanes) is 4. The van der Waals surface area contributed by atoms with Crippen LogP contribution in [-0.2, 0) is 0 Å². The Labute approximate surface area is 71.0 Å². The number of hydrogen-bond acceptors (Lipinski definition) is 0. The molecule has 0 atom stereocenters. The average Bonchev–Trinajstić information content (AvgIpc) is 2.03. The van der Waals surface area contributed by atoms with Crippen molar-refractivity contribution in [1.29, 1.82) is 0 Å². The van der Waals surface area contributed by atoms with Crippen LogP contribution in [0.1, 0.15) is 46.0 Å². The molecule has 0 aliphatic rings. The van der Waals surface area contributed by atoms with Gasteiger partial charge in [0.15, 0.2) is 0 Å². The van der Waals surface area contributed by atoms with Gasteiger partial charge in [-0.05, 0) is 19.8 Å². The molecular formula is C11H20. The van der Waals surface area contributed by atoms with Gasteiger partial charge < -0.3 is 0 Å². The van der Waals surface area contributed by atoms with Crippen LogP contribution < -0.4 is 0 Å². The summed E-state index contributed by atoms with van der Waals surface area (Å²) < 4.78 is 0. The molecule has 0 N–H and O–H groups in total. The average molecular weight is 152 g/mol. The Morgan fingerprint density at radius 2 is 1.82 bits per heavy atom. The highest BCUT2D eigenvalue weighted by Gasteiger charge is 1.82. The van der Waals surface area contributed by atoms with Crippen molar-refractivity contribution in [3.05, 3.63) is 24.3 Å². The quantitative estimate of drug-likeness (QED) is 0.397. The second-order valence-electron chi connectivity index (χ2n) is 2.80. The van der Waals surface area contributed by atoms with Crippen molar-refractivity contribution >= 4 is 0 Å². The van der Waals surface area contributed by atoms with Gasteiger partial charge in [0.05, 0.1) is 0 Å². The second-order valence-corrected chi connectivity index (χ2v) is 2.80. The summed E-state index contributed by atoms with van der Waals surface area (Å²) in [5.74, 6) is 0. The van der Waals surface area contributed by atoms with Gasteiger partial charge in [-0.15, -0.1) is 0 Å². The molecule has 0 fully saturated rings. The highest BCUT2D eigenvalue weighted by Crippen LogP contribution is 2.02. The van der Waals surface area contributed by atoms with Gasteiger partial charge in [-0.25, -0.2) is 0 Å². The maximum atomic E-state index is 2.25. The van der Waals surface area contributed by atoms with Crippen molar-refractivity contribution in [3.8, 4) is 0 Å². The fourth-order valence-electron chi connectivity index (χ4n) is 0.975. The van der Waals surface area contributed by atoms with E-state index in [9.17, 15) is 0 Å². The van der Waals surface area contributed by atoms with Crippen LogP contribution in [0, 0.1) is 0 Å². The third-order valence-corrected chi connectivity index (χ3v) is 1.66. The zero-order chi connectivity index (χ0) is 8.36. The van der Waals surface area contributed by atoms with Crippen LogP contribution in [0.25, 0.3) is 0 Å². The third-order valence-electron chi connectivity index (χ3n) is 1.66. The Bertz CT molecular complexity index is 109. The van der Waals surface area contributed by atoms with Crippen LogP contribution in [0.15, 0.2) is 24.3 Å². The highest BCUT2D eigenvalue weighted by atomic mass is 13.9. The number of hydrogen-bond donors (Lipinski definition) is 0. The van der Waals surface area contributed by atoms with E-state index in [-0.39, 0.29) is 0 Å². The predicted octanol–water partition coefficient (Wildman–Crippen LogP) is 4.09. The first-order valence-corrected chi connectivity index (χ1v) is 4.69. The van der Waals surface area contributed by atoms with Crippen molar-refractivity contribution in [2.75, 3.05) is 0 Å².